The number of hydrogen-bond acceptors (Lipinski definition) is 3. The molecule has 1 aromatic rings. The van der Waals surface area contributed by atoms with Gasteiger partial charge in [-0.2, -0.15) is 5.26 Å². The molecule has 0 unspecified atom stereocenters. The third kappa shape index (κ3) is 2.79. The van der Waals surface area contributed by atoms with Gasteiger partial charge >= 0.3 is 0 Å². The van der Waals surface area contributed by atoms with Crippen molar-refractivity contribution in [1.29, 1.82) is 5.26 Å². The summed E-state index contributed by atoms with van der Waals surface area (Å²) in [6.07, 6.45) is 9.55. The highest BCUT2D eigenvalue weighted by atomic mass is 14.9. The number of hydrogen-bond donors (Lipinski definition) is 0. The molecule has 0 saturated heterocycles. The standard InChI is InChI=1S/C13H17N3/c14-9-4-7-13-15-10-8-12(16-13)11-5-2-1-3-6-11/h8,10-11H,1-7H2. The summed E-state index contributed by atoms with van der Waals surface area (Å²) in [5.41, 5.74) is 1.18. The number of nitrogens with zero attached hydrogens (tertiary/aromatic N) is 3. The molecule has 1 aromatic heterocycles. The van der Waals surface area contributed by atoms with E-state index in [1.807, 2.05) is 12.3 Å². The van der Waals surface area contributed by atoms with Crippen molar-refractivity contribution in [3.63, 3.8) is 0 Å². The first kappa shape index (κ1) is 11.1. The van der Waals surface area contributed by atoms with Crippen molar-refractivity contribution >= 4 is 0 Å². The highest BCUT2D eigenvalue weighted by Crippen LogP contribution is 2.31. The molecule has 0 amide bonds. The van der Waals surface area contributed by atoms with Crippen LogP contribution >= 0.6 is 0 Å². The zero-order chi connectivity index (χ0) is 11.2. The molecule has 3 heteroatoms. The van der Waals surface area contributed by atoms with Crippen molar-refractivity contribution in [1.82, 2.24) is 9.97 Å². The highest BCUT2D eigenvalue weighted by Gasteiger charge is 2.16. The van der Waals surface area contributed by atoms with Crippen LogP contribution in [0.3, 0.4) is 0 Å². The van der Waals surface area contributed by atoms with Crippen molar-refractivity contribution in [2.75, 3.05) is 0 Å². The largest absolute Gasteiger partial charge is 0.241 e. The van der Waals surface area contributed by atoms with Gasteiger partial charge in [-0.05, 0) is 18.9 Å². The van der Waals surface area contributed by atoms with Gasteiger partial charge in [0.1, 0.15) is 5.82 Å². The van der Waals surface area contributed by atoms with Crippen LogP contribution < -0.4 is 0 Å². The fraction of sp³-hybridized carbons (Fsp3) is 0.615. The Balaban J connectivity index is 2.06. The molecule has 1 aliphatic rings. The summed E-state index contributed by atoms with van der Waals surface area (Å²) in [5.74, 6) is 1.45. The molecule has 0 spiro atoms. The second kappa shape index (κ2) is 5.60. The average molecular weight is 215 g/mol. The number of nitriles is 1. The van der Waals surface area contributed by atoms with E-state index < -0.39 is 0 Å². The Morgan fingerprint density at radius 1 is 1.31 bits per heavy atom. The minimum absolute atomic E-state index is 0.508. The fourth-order valence-corrected chi connectivity index (χ4v) is 2.33. The van der Waals surface area contributed by atoms with E-state index in [0.29, 0.717) is 18.8 Å². The van der Waals surface area contributed by atoms with E-state index in [1.54, 1.807) is 0 Å². The molecule has 84 valence electrons. The Hall–Kier alpha value is -1.43. The summed E-state index contributed by atoms with van der Waals surface area (Å²) in [4.78, 5) is 8.78. The lowest BCUT2D eigenvalue weighted by atomic mass is 9.87. The number of rotatable bonds is 3. The van der Waals surface area contributed by atoms with Crippen LogP contribution in [-0.4, -0.2) is 9.97 Å². The van der Waals surface area contributed by atoms with Crippen LogP contribution in [0.15, 0.2) is 12.3 Å². The smallest absolute Gasteiger partial charge is 0.129 e. The minimum Gasteiger partial charge on any atom is -0.241 e. The molecule has 0 aromatic carbocycles. The predicted octanol–water partition coefficient (Wildman–Crippen LogP) is 2.98. The van der Waals surface area contributed by atoms with Gasteiger partial charge in [0.05, 0.1) is 6.07 Å². The van der Waals surface area contributed by atoms with Crippen LogP contribution in [0.1, 0.15) is 56.0 Å². The molecule has 0 atom stereocenters. The van der Waals surface area contributed by atoms with Crippen molar-refractivity contribution in [3.8, 4) is 6.07 Å². The Labute approximate surface area is 96.5 Å². The molecule has 16 heavy (non-hydrogen) atoms. The van der Waals surface area contributed by atoms with Crippen LogP contribution in [0.4, 0.5) is 0 Å². The Bertz CT molecular complexity index is 375. The first-order valence-corrected chi connectivity index (χ1v) is 6.09. The molecular formula is C13H17N3. The SMILES string of the molecule is N#CCCc1nccc(C2CCCCC2)n1. The second-order valence-corrected chi connectivity index (χ2v) is 4.39. The van der Waals surface area contributed by atoms with Gasteiger partial charge in [-0.25, -0.2) is 9.97 Å². The maximum absolute atomic E-state index is 8.54. The van der Waals surface area contributed by atoms with Gasteiger partial charge in [0.25, 0.3) is 0 Å². The zero-order valence-corrected chi connectivity index (χ0v) is 9.52. The van der Waals surface area contributed by atoms with Crippen LogP contribution in [0.5, 0.6) is 0 Å². The summed E-state index contributed by atoms with van der Waals surface area (Å²) in [5, 5.41) is 8.54. The zero-order valence-electron chi connectivity index (χ0n) is 9.52. The van der Waals surface area contributed by atoms with E-state index in [1.165, 1.54) is 37.8 Å². The molecular weight excluding hydrogens is 198 g/mol. The van der Waals surface area contributed by atoms with E-state index in [4.69, 9.17) is 5.26 Å². The van der Waals surface area contributed by atoms with Gasteiger partial charge in [-0.3, -0.25) is 0 Å². The fourth-order valence-electron chi connectivity index (χ4n) is 2.33. The topological polar surface area (TPSA) is 49.6 Å². The van der Waals surface area contributed by atoms with Gasteiger partial charge in [0.2, 0.25) is 0 Å². The van der Waals surface area contributed by atoms with E-state index in [2.05, 4.69) is 16.0 Å². The molecule has 0 radical (unpaired) electrons. The quantitative estimate of drug-likeness (QED) is 0.778. The highest BCUT2D eigenvalue weighted by molar-refractivity contribution is 5.09. The summed E-state index contributed by atoms with van der Waals surface area (Å²) < 4.78 is 0. The Kier molecular flexibility index (Phi) is 3.87. The third-order valence-corrected chi connectivity index (χ3v) is 3.21. The summed E-state index contributed by atoms with van der Waals surface area (Å²) in [6, 6.07) is 4.17. The summed E-state index contributed by atoms with van der Waals surface area (Å²) in [6.45, 7) is 0. The molecule has 0 N–H and O–H groups in total. The summed E-state index contributed by atoms with van der Waals surface area (Å²) in [7, 11) is 0. The monoisotopic (exact) mass is 215 g/mol. The van der Waals surface area contributed by atoms with E-state index in [0.717, 1.165) is 5.82 Å². The second-order valence-electron chi connectivity index (χ2n) is 4.39. The third-order valence-electron chi connectivity index (χ3n) is 3.21. The average Bonchev–Trinajstić information content (AvgIpc) is 2.38. The number of aryl methyl sites for hydroxylation is 1. The summed E-state index contributed by atoms with van der Waals surface area (Å²) >= 11 is 0. The maximum atomic E-state index is 8.54. The van der Waals surface area contributed by atoms with Gasteiger partial charge in [-0.1, -0.05) is 19.3 Å². The first-order chi connectivity index (χ1) is 7.90. The van der Waals surface area contributed by atoms with Crippen molar-refractivity contribution in [2.24, 2.45) is 0 Å². The molecule has 1 aliphatic carbocycles. The number of aromatic nitrogens is 2. The van der Waals surface area contributed by atoms with Gasteiger partial charge in [0, 0.05) is 30.7 Å². The Morgan fingerprint density at radius 2 is 2.12 bits per heavy atom. The lowest BCUT2D eigenvalue weighted by Crippen LogP contribution is -2.08. The van der Waals surface area contributed by atoms with Gasteiger partial charge in [0.15, 0.2) is 0 Å². The van der Waals surface area contributed by atoms with Crippen LogP contribution in [0.2, 0.25) is 0 Å². The molecule has 1 fully saturated rings. The molecule has 3 nitrogen and oxygen atoms in total. The van der Waals surface area contributed by atoms with E-state index >= 15 is 0 Å². The molecule has 0 aliphatic heterocycles. The van der Waals surface area contributed by atoms with E-state index in [-0.39, 0.29) is 0 Å². The van der Waals surface area contributed by atoms with Crippen molar-refractivity contribution in [2.45, 2.75) is 50.9 Å². The van der Waals surface area contributed by atoms with Gasteiger partial charge in [-0.15, -0.1) is 0 Å². The van der Waals surface area contributed by atoms with Crippen LogP contribution in [0, 0.1) is 11.3 Å². The molecule has 0 bridgehead atoms. The molecule has 1 saturated carbocycles. The normalized spacial score (nSPS) is 16.9. The minimum atomic E-state index is 0.508. The lowest BCUT2D eigenvalue weighted by molar-refractivity contribution is 0.435. The Morgan fingerprint density at radius 3 is 2.88 bits per heavy atom. The lowest BCUT2D eigenvalue weighted by Gasteiger charge is -2.21. The predicted molar refractivity (Wildman–Crippen MR) is 61.8 cm³/mol. The maximum Gasteiger partial charge on any atom is 0.129 e. The van der Waals surface area contributed by atoms with Crippen LogP contribution in [0.25, 0.3) is 0 Å². The van der Waals surface area contributed by atoms with E-state index in [9.17, 15) is 0 Å². The van der Waals surface area contributed by atoms with Crippen molar-refractivity contribution < 1.29 is 0 Å². The molecule has 2 rings (SSSR count). The van der Waals surface area contributed by atoms with Crippen LogP contribution in [-0.2, 0) is 6.42 Å². The van der Waals surface area contributed by atoms with Gasteiger partial charge < -0.3 is 0 Å². The van der Waals surface area contributed by atoms with Crippen molar-refractivity contribution in [3.05, 3.63) is 23.8 Å². The molecule has 1 heterocycles. The first-order valence-electron chi connectivity index (χ1n) is 6.09.